The van der Waals surface area contributed by atoms with Gasteiger partial charge in [-0.05, 0) is 85.4 Å². The molecule has 27 heavy (non-hydrogen) atoms. The molecule has 4 fully saturated rings. The highest BCUT2D eigenvalue weighted by atomic mass is 32.2. The Balaban J connectivity index is 1.46. The van der Waals surface area contributed by atoms with E-state index in [0.29, 0.717) is 60.3 Å². The first-order chi connectivity index (χ1) is 12.7. The molecule has 0 spiro atoms. The highest BCUT2D eigenvalue weighted by Gasteiger charge is 2.61. The van der Waals surface area contributed by atoms with Gasteiger partial charge in [0, 0.05) is 6.54 Å². The summed E-state index contributed by atoms with van der Waals surface area (Å²) >= 11 is 0. The van der Waals surface area contributed by atoms with Gasteiger partial charge in [0.2, 0.25) is 10.0 Å². The third kappa shape index (κ3) is 3.25. The quantitative estimate of drug-likeness (QED) is 0.691. The van der Waals surface area contributed by atoms with Crippen molar-refractivity contribution in [1.82, 2.24) is 4.72 Å². The molecule has 5 nitrogen and oxygen atoms in total. The van der Waals surface area contributed by atoms with Crippen LogP contribution in [-0.2, 0) is 14.8 Å². The Labute approximate surface area is 163 Å². The molecule has 154 valence electrons. The molecular formula is C21H35NO4S. The van der Waals surface area contributed by atoms with E-state index in [4.69, 9.17) is 0 Å². The summed E-state index contributed by atoms with van der Waals surface area (Å²) in [7, 11) is -3.14. The lowest BCUT2D eigenvalue weighted by Gasteiger charge is -2.44. The van der Waals surface area contributed by atoms with Crippen LogP contribution in [0.5, 0.6) is 0 Å². The monoisotopic (exact) mass is 397 g/mol. The number of hydrogen-bond acceptors (Lipinski definition) is 3. The Kier molecular flexibility index (Phi) is 5.11. The normalized spacial score (nSPS) is 48.4. The average molecular weight is 398 g/mol. The van der Waals surface area contributed by atoms with Crippen LogP contribution < -0.4 is 4.72 Å². The molecule has 0 aromatic rings. The maximum atomic E-state index is 12.1. The predicted octanol–water partition coefficient (Wildman–Crippen LogP) is 3.22. The summed E-state index contributed by atoms with van der Waals surface area (Å²) in [5, 5.41) is 9.53. The molecule has 4 rings (SSSR count). The summed E-state index contributed by atoms with van der Waals surface area (Å²) in [4.78, 5) is 11.6. The number of carbonyl (C=O) groups is 1. The van der Waals surface area contributed by atoms with Crippen molar-refractivity contribution in [3.8, 4) is 0 Å². The van der Waals surface area contributed by atoms with Gasteiger partial charge in [0.05, 0.1) is 11.7 Å². The zero-order valence-electron chi connectivity index (χ0n) is 16.8. The van der Waals surface area contributed by atoms with Crippen LogP contribution >= 0.6 is 0 Å². The van der Waals surface area contributed by atoms with E-state index in [9.17, 15) is 18.3 Å². The summed E-state index contributed by atoms with van der Waals surface area (Å²) in [6.07, 6.45) is 5.01. The number of carboxylic acid groups (broad SMARTS) is 1. The van der Waals surface area contributed by atoms with E-state index in [1.165, 1.54) is 6.42 Å². The van der Waals surface area contributed by atoms with Crippen LogP contribution in [0.25, 0.3) is 0 Å². The minimum absolute atomic E-state index is 0.133. The number of fused-ring (bicyclic) bond motifs is 4. The van der Waals surface area contributed by atoms with Crippen molar-refractivity contribution in [3.05, 3.63) is 0 Å². The topological polar surface area (TPSA) is 83.5 Å². The minimum atomic E-state index is -3.14. The van der Waals surface area contributed by atoms with Crippen LogP contribution in [-0.4, -0.2) is 31.8 Å². The molecule has 6 heteroatoms. The van der Waals surface area contributed by atoms with Crippen molar-refractivity contribution in [3.63, 3.8) is 0 Å². The maximum Gasteiger partial charge on any atom is 0.306 e. The summed E-state index contributed by atoms with van der Waals surface area (Å²) in [6.45, 7) is 7.19. The minimum Gasteiger partial charge on any atom is -0.481 e. The highest BCUT2D eigenvalue weighted by Crippen LogP contribution is 2.65. The molecule has 4 saturated carbocycles. The fraction of sp³-hybridized carbons (Fsp3) is 0.952. The zero-order chi connectivity index (χ0) is 19.5. The van der Waals surface area contributed by atoms with Crippen molar-refractivity contribution >= 4 is 16.0 Å². The molecular weight excluding hydrogens is 362 g/mol. The fourth-order valence-electron chi connectivity index (χ4n) is 7.92. The Morgan fingerprint density at radius 2 is 1.70 bits per heavy atom. The Hall–Kier alpha value is -0.620. The number of sulfonamides is 1. The van der Waals surface area contributed by atoms with Gasteiger partial charge in [0.25, 0.3) is 0 Å². The van der Waals surface area contributed by atoms with Gasteiger partial charge in [-0.2, -0.15) is 0 Å². The molecule has 0 radical (unpaired) electrons. The van der Waals surface area contributed by atoms with E-state index >= 15 is 0 Å². The fourth-order valence-corrected chi connectivity index (χ4v) is 9.07. The van der Waals surface area contributed by atoms with E-state index in [-0.39, 0.29) is 11.7 Å². The van der Waals surface area contributed by atoms with Crippen LogP contribution in [0, 0.1) is 59.2 Å². The lowest BCUT2D eigenvalue weighted by molar-refractivity contribution is -0.145. The first-order valence-electron chi connectivity index (χ1n) is 10.9. The summed E-state index contributed by atoms with van der Waals surface area (Å²) in [5.74, 6) is 4.70. The SMILES string of the molecule is CCCS(=O)(=O)NCC1CC2CC1C(C1C3CC(C(=O)O)C(C3)C1C)C2C. The molecule has 0 aromatic carbocycles. The Bertz CT molecular complexity index is 690. The number of aliphatic carboxylic acids is 1. The van der Waals surface area contributed by atoms with Crippen LogP contribution in [0.4, 0.5) is 0 Å². The van der Waals surface area contributed by atoms with Gasteiger partial charge in [-0.1, -0.05) is 20.8 Å². The van der Waals surface area contributed by atoms with Crippen molar-refractivity contribution in [2.45, 2.75) is 52.9 Å². The summed E-state index contributed by atoms with van der Waals surface area (Å²) < 4.78 is 27.0. The van der Waals surface area contributed by atoms with Crippen molar-refractivity contribution in [2.24, 2.45) is 59.2 Å². The smallest absolute Gasteiger partial charge is 0.306 e. The van der Waals surface area contributed by atoms with Gasteiger partial charge in [-0.15, -0.1) is 0 Å². The lowest BCUT2D eigenvalue weighted by Crippen LogP contribution is -2.43. The second-order valence-corrected chi connectivity index (χ2v) is 12.0. The van der Waals surface area contributed by atoms with Crippen LogP contribution in [0.2, 0.25) is 0 Å². The van der Waals surface area contributed by atoms with Crippen LogP contribution in [0.3, 0.4) is 0 Å². The Morgan fingerprint density at radius 3 is 2.30 bits per heavy atom. The highest BCUT2D eigenvalue weighted by molar-refractivity contribution is 7.89. The number of rotatable bonds is 7. The van der Waals surface area contributed by atoms with Crippen molar-refractivity contribution in [1.29, 1.82) is 0 Å². The van der Waals surface area contributed by atoms with Crippen LogP contribution in [0.1, 0.15) is 52.9 Å². The molecule has 0 saturated heterocycles. The second-order valence-electron chi connectivity index (χ2n) is 10.0. The third-order valence-electron chi connectivity index (χ3n) is 8.91. The van der Waals surface area contributed by atoms with E-state index in [0.717, 1.165) is 25.2 Å². The van der Waals surface area contributed by atoms with Gasteiger partial charge in [-0.25, -0.2) is 13.1 Å². The van der Waals surface area contributed by atoms with Gasteiger partial charge in [0.1, 0.15) is 0 Å². The number of nitrogens with one attached hydrogen (secondary N) is 1. The van der Waals surface area contributed by atoms with Gasteiger partial charge in [0.15, 0.2) is 0 Å². The standard InChI is InChI=1S/C21H35NO4S/c1-4-5-27(25,26)22-10-15-6-13-7-17(15)20(11(13)2)19-12(3)16-8-14(19)9-18(16)21(23)24/h11-20,22H,4-10H2,1-3H3,(H,23,24). The molecule has 4 aliphatic carbocycles. The van der Waals surface area contributed by atoms with E-state index in [1.807, 2.05) is 6.92 Å². The van der Waals surface area contributed by atoms with Crippen molar-refractivity contribution < 1.29 is 18.3 Å². The maximum absolute atomic E-state index is 12.1. The van der Waals surface area contributed by atoms with E-state index in [2.05, 4.69) is 18.6 Å². The van der Waals surface area contributed by atoms with Gasteiger partial charge >= 0.3 is 5.97 Å². The van der Waals surface area contributed by atoms with E-state index in [1.54, 1.807) is 0 Å². The Morgan fingerprint density at radius 1 is 1.00 bits per heavy atom. The molecule has 4 aliphatic rings. The summed E-state index contributed by atoms with van der Waals surface area (Å²) in [5.41, 5.74) is 0. The summed E-state index contributed by atoms with van der Waals surface area (Å²) in [6, 6.07) is 0. The first kappa shape index (κ1) is 19.7. The lowest BCUT2D eigenvalue weighted by atomic mass is 9.61. The molecule has 0 heterocycles. The molecule has 4 bridgehead atoms. The number of carboxylic acids is 1. The average Bonchev–Trinajstić information content (AvgIpc) is 3.32. The zero-order valence-corrected chi connectivity index (χ0v) is 17.6. The second kappa shape index (κ2) is 7.01. The van der Waals surface area contributed by atoms with Crippen molar-refractivity contribution in [2.75, 3.05) is 12.3 Å². The van der Waals surface area contributed by atoms with Gasteiger partial charge in [-0.3, -0.25) is 4.79 Å². The first-order valence-corrected chi connectivity index (χ1v) is 12.6. The molecule has 0 aliphatic heterocycles. The van der Waals surface area contributed by atoms with E-state index < -0.39 is 16.0 Å². The molecule has 0 amide bonds. The molecule has 0 aromatic heterocycles. The third-order valence-corrected chi connectivity index (χ3v) is 10.5. The molecule has 2 N–H and O–H groups in total. The molecule has 10 atom stereocenters. The number of hydrogen-bond donors (Lipinski definition) is 2. The van der Waals surface area contributed by atoms with Crippen LogP contribution in [0.15, 0.2) is 0 Å². The largest absolute Gasteiger partial charge is 0.481 e. The van der Waals surface area contributed by atoms with Gasteiger partial charge < -0.3 is 5.11 Å². The molecule has 10 unspecified atom stereocenters. The predicted molar refractivity (Wildman–Crippen MR) is 104 cm³/mol.